The van der Waals surface area contributed by atoms with E-state index in [9.17, 15) is 4.79 Å². The lowest BCUT2D eigenvalue weighted by Crippen LogP contribution is -2.27. The van der Waals surface area contributed by atoms with Crippen LogP contribution in [0.3, 0.4) is 0 Å². The topological polar surface area (TPSA) is 55.1 Å². The number of carbonyl (C=O) groups excluding carboxylic acids is 1. The van der Waals surface area contributed by atoms with Crippen molar-refractivity contribution in [3.05, 3.63) is 50.6 Å². The van der Waals surface area contributed by atoms with Crippen LogP contribution in [0.2, 0.25) is 0 Å². The minimum atomic E-state index is -0.497. The Morgan fingerprint density at radius 2 is 2.22 bits per heavy atom. The number of aryl methyl sites for hydroxylation is 1. The number of amides is 1. The van der Waals surface area contributed by atoms with Crippen molar-refractivity contribution in [2.24, 2.45) is 5.73 Å². The lowest BCUT2D eigenvalue weighted by molar-refractivity contribution is -0.118. The van der Waals surface area contributed by atoms with E-state index in [2.05, 4.69) is 21.2 Å². The summed E-state index contributed by atoms with van der Waals surface area (Å²) in [6.45, 7) is 2.01. The molecule has 1 aromatic heterocycles. The van der Waals surface area contributed by atoms with Gasteiger partial charge in [0, 0.05) is 20.4 Å². The van der Waals surface area contributed by atoms with Gasteiger partial charge in [-0.15, -0.1) is 11.3 Å². The highest BCUT2D eigenvalue weighted by molar-refractivity contribution is 9.10. The summed E-state index contributed by atoms with van der Waals surface area (Å²) < 4.78 is 0.958. The summed E-state index contributed by atoms with van der Waals surface area (Å²) in [6.07, 6.45) is 0. The van der Waals surface area contributed by atoms with E-state index in [-0.39, 0.29) is 5.91 Å². The highest BCUT2D eigenvalue weighted by Crippen LogP contribution is 2.28. The van der Waals surface area contributed by atoms with E-state index >= 15 is 0 Å². The van der Waals surface area contributed by atoms with Crippen molar-refractivity contribution in [2.45, 2.75) is 13.0 Å². The van der Waals surface area contributed by atoms with E-state index in [1.807, 2.05) is 42.6 Å². The fourth-order valence-electron chi connectivity index (χ4n) is 1.66. The molecular formula is C13H13BrN2OS. The van der Waals surface area contributed by atoms with Crippen LogP contribution in [0.4, 0.5) is 5.69 Å². The first-order valence-electron chi connectivity index (χ1n) is 5.43. The maximum atomic E-state index is 11.5. The molecule has 0 fully saturated rings. The van der Waals surface area contributed by atoms with E-state index < -0.39 is 6.04 Å². The van der Waals surface area contributed by atoms with Gasteiger partial charge in [0.2, 0.25) is 5.91 Å². The summed E-state index contributed by atoms with van der Waals surface area (Å²) >= 11 is 4.88. The Kier molecular flexibility index (Phi) is 4.04. The first-order valence-corrected chi connectivity index (χ1v) is 7.10. The molecule has 0 radical (unpaired) electrons. The van der Waals surface area contributed by atoms with Crippen LogP contribution in [0.15, 0.2) is 40.2 Å². The largest absolute Gasteiger partial charge is 0.369 e. The molecule has 0 saturated carbocycles. The molecule has 0 aliphatic heterocycles. The Morgan fingerprint density at radius 3 is 2.78 bits per heavy atom. The van der Waals surface area contributed by atoms with Gasteiger partial charge >= 0.3 is 0 Å². The van der Waals surface area contributed by atoms with Gasteiger partial charge in [0.05, 0.1) is 0 Å². The molecule has 1 aromatic carbocycles. The molecule has 1 atom stereocenters. The van der Waals surface area contributed by atoms with Crippen LogP contribution in [0.5, 0.6) is 0 Å². The molecule has 2 rings (SSSR count). The van der Waals surface area contributed by atoms with Gasteiger partial charge in [-0.3, -0.25) is 4.79 Å². The standard InChI is InChI=1S/C13H13BrN2OS/c1-8-3-2-4-10(5-8)16-12(13(15)17)11-6-9(14)7-18-11/h2-7,12,16H,1H3,(H2,15,17). The zero-order chi connectivity index (χ0) is 13.1. The molecule has 0 bridgehead atoms. The van der Waals surface area contributed by atoms with E-state index in [4.69, 9.17) is 5.73 Å². The van der Waals surface area contributed by atoms with Gasteiger partial charge in [-0.1, -0.05) is 12.1 Å². The quantitative estimate of drug-likeness (QED) is 0.904. The van der Waals surface area contributed by atoms with Gasteiger partial charge < -0.3 is 11.1 Å². The molecule has 1 amide bonds. The molecular weight excluding hydrogens is 312 g/mol. The maximum Gasteiger partial charge on any atom is 0.245 e. The predicted molar refractivity (Wildman–Crippen MR) is 78.8 cm³/mol. The Hall–Kier alpha value is -1.33. The zero-order valence-corrected chi connectivity index (χ0v) is 12.2. The van der Waals surface area contributed by atoms with Gasteiger partial charge in [0.15, 0.2) is 0 Å². The average molecular weight is 325 g/mol. The first-order chi connectivity index (χ1) is 8.56. The number of thiophene rings is 1. The molecule has 3 N–H and O–H groups in total. The number of nitrogens with one attached hydrogen (secondary N) is 1. The normalized spacial score (nSPS) is 12.1. The van der Waals surface area contributed by atoms with Crippen LogP contribution < -0.4 is 11.1 Å². The van der Waals surface area contributed by atoms with Crippen LogP contribution in [0.25, 0.3) is 0 Å². The van der Waals surface area contributed by atoms with E-state index in [0.717, 1.165) is 20.6 Å². The molecule has 0 aliphatic carbocycles. The molecule has 3 nitrogen and oxygen atoms in total. The Balaban J connectivity index is 2.24. The molecule has 94 valence electrons. The molecule has 18 heavy (non-hydrogen) atoms. The first kappa shape index (κ1) is 13.1. The highest BCUT2D eigenvalue weighted by Gasteiger charge is 2.19. The summed E-state index contributed by atoms with van der Waals surface area (Å²) in [4.78, 5) is 12.4. The minimum Gasteiger partial charge on any atom is -0.369 e. The predicted octanol–water partition coefficient (Wildman–Crippen LogP) is 3.46. The second kappa shape index (κ2) is 5.54. The van der Waals surface area contributed by atoms with Crippen molar-refractivity contribution < 1.29 is 4.79 Å². The van der Waals surface area contributed by atoms with Gasteiger partial charge in [-0.2, -0.15) is 0 Å². The summed E-state index contributed by atoms with van der Waals surface area (Å²) in [6, 6.07) is 9.27. The molecule has 0 spiro atoms. The van der Waals surface area contributed by atoms with Gasteiger partial charge in [-0.05, 0) is 46.6 Å². The number of primary amides is 1. The number of rotatable bonds is 4. The van der Waals surface area contributed by atoms with Crippen molar-refractivity contribution in [3.63, 3.8) is 0 Å². The van der Waals surface area contributed by atoms with Crippen molar-refractivity contribution in [1.82, 2.24) is 0 Å². The third kappa shape index (κ3) is 3.11. The van der Waals surface area contributed by atoms with E-state index in [0.29, 0.717) is 0 Å². The molecule has 2 aromatic rings. The van der Waals surface area contributed by atoms with Crippen LogP contribution in [-0.4, -0.2) is 5.91 Å². The Morgan fingerprint density at radius 1 is 1.44 bits per heavy atom. The second-order valence-electron chi connectivity index (χ2n) is 4.02. The molecule has 1 unspecified atom stereocenters. The molecule has 5 heteroatoms. The Bertz CT molecular complexity index is 568. The fraction of sp³-hybridized carbons (Fsp3) is 0.154. The monoisotopic (exact) mass is 324 g/mol. The summed E-state index contributed by atoms with van der Waals surface area (Å²) in [5.74, 6) is -0.383. The number of carbonyl (C=O) groups is 1. The van der Waals surface area contributed by atoms with E-state index in [1.165, 1.54) is 11.3 Å². The number of hydrogen-bond donors (Lipinski definition) is 2. The van der Waals surface area contributed by atoms with Crippen LogP contribution in [0.1, 0.15) is 16.5 Å². The number of benzene rings is 1. The summed E-state index contributed by atoms with van der Waals surface area (Å²) in [7, 11) is 0. The van der Waals surface area contributed by atoms with Crippen LogP contribution >= 0.6 is 27.3 Å². The van der Waals surface area contributed by atoms with Crippen molar-refractivity contribution >= 4 is 38.9 Å². The van der Waals surface area contributed by atoms with Crippen LogP contribution in [0, 0.1) is 6.92 Å². The Labute approximate surface area is 118 Å². The number of hydrogen-bond acceptors (Lipinski definition) is 3. The van der Waals surface area contributed by atoms with Crippen LogP contribution in [-0.2, 0) is 4.79 Å². The second-order valence-corrected chi connectivity index (χ2v) is 5.87. The fourth-order valence-corrected chi connectivity index (χ4v) is 3.17. The lowest BCUT2D eigenvalue weighted by Gasteiger charge is -2.15. The lowest BCUT2D eigenvalue weighted by atomic mass is 10.2. The van der Waals surface area contributed by atoms with Crippen molar-refractivity contribution in [2.75, 3.05) is 5.32 Å². The van der Waals surface area contributed by atoms with Crippen molar-refractivity contribution in [1.29, 1.82) is 0 Å². The summed E-state index contributed by atoms with van der Waals surface area (Å²) in [5.41, 5.74) is 7.48. The zero-order valence-electron chi connectivity index (χ0n) is 9.81. The van der Waals surface area contributed by atoms with Gasteiger partial charge in [0.25, 0.3) is 0 Å². The van der Waals surface area contributed by atoms with Gasteiger partial charge in [-0.25, -0.2) is 0 Å². The molecule has 1 heterocycles. The maximum absolute atomic E-state index is 11.5. The third-order valence-electron chi connectivity index (χ3n) is 2.49. The highest BCUT2D eigenvalue weighted by atomic mass is 79.9. The third-order valence-corrected chi connectivity index (χ3v) is 4.24. The smallest absolute Gasteiger partial charge is 0.245 e. The minimum absolute atomic E-state index is 0.383. The number of anilines is 1. The average Bonchev–Trinajstić information content (AvgIpc) is 2.72. The molecule has 0 aliphatic rings. The van der Waals surface area contributed by atoms with E-state index in [1.54, 1.807) is 0 Å². The van der Waals surface area contributed by atoms with Gasteiger partial charge in [0.1, 0.15) is 6.04 Å². The number of nitrogens with two attached hydrogens (primary N) is 1. The summed E-state index contributed by atoms with van der Waals surface area (Å²) in [5, 5.41) is 5.10. The van der Waals surface area contributed by atoms with Crippen molar-refractivity contribution in [3.8, 4) is 0 Å². The SMILES string of the molecule is Cc1cccc(NC(C(N)=O)c2cc(Br)cs2)c1. The molecule has 0 saturated heterocycles. The number of halogens is 1.